The number of likely N-dealkylation sites (N-methyl/N-ethyl adjacent to an activating group) is 1. The number of benzene rings is 6. The number of rotatable bonds is 20. The molecule has 1 aromatic heterocycles. The van der Waals surface area contributed by atoms with Gasteiger partial charge in [-0.15, -0.1) is 0 Å². The normalized spacial score (nSPS) is 25.8. The van der Waals surface area contributed by atoms with Crippen molar-refractivity contribution in [2.75, 3.05) is 25.5 Å². The first kappa shape index (κ1) is 93.0. The van der Waals surface area contributed by atoms with Crippen molar-refractivity contribution in [1.29, 1.82) is 0 Å². The zero-order valence-electron chi connectivity index (χ0n) is 67.3. The van der Waals surface area contributed by atoms with Gasteiger partial charge in [0.1, 0.15) is 107 Å². The number of aromatic nitrogens is 2. The number of urea groups is 1. The lowest BCUT2D eigenvalue weighted by atomic mass is 9.85. The molecule has 11 amide bonds. The highest BCUT2D eigenvalue weighted by molar-refractivity contribution is 6.32. The minimum Gasteiger partial charge on any atom is -0.508 e. The Kier molecular flexibility index (Phi) is 28.9. The van der Waals surface area contributed by atoms with Crippen LogP contribution in [-0.2, 0) is 70.3 Å². The second-order valence-corrected chi connectivity index (χ2v) is 32.2. The van der Waals surface area contributed by atoms with Crippen molar-refractivity contribution in [3.05, 3.63) is 174 Å². The molecule has 0 saturated carbocycles. The lowest BCUT2D eigenvalue weighted by Gasteiger charge is -2.48. The molecule has 18 atom stereocenters. The van der Waals surface area contributed by atoms with Crippen molar-refractivity contribution in [2.24, 2.45) is 17.4 Å². The number of amides is 11. The van der Waals surface area contributed by atoms with Crippen molar-refractivity contribution in [3.63, 3.8) is 0 Å². The zero-order valence-corrected chi connectivity index (χ0v) is 69.5. The summed E-state index contributed by atoms with van der Waals surface area (Å²) < 4.78 is 54.3. The highest BCUT2D eigenvalue weighted by Crippen LogP contribution is 2.50. The molecule has 11 bridgehead atoms. The summed E-state index contributed by atoms with van der Waals surface area (Å²) >= 11 is 20.2. The van der Waals surface area contributed by atoms with Gasteiger partial charge in [-0.3, -0.25) is 53.1 Å². The van der Waals surface area contributed by atoms with E-state index in [1.165, 1.54) is 49.0 Å². The first-order chi connectivity index (χ1) is 59.7. The number of ether oxygens (including phenoxy) is 6. The van der Waals surface area contributed by atoms with E-state index in [0.717, 1.165) is 78.9 Å². The van der Waals surface area contributed by atoms with Crippen LogP contribution in [0.15, 0.2) is 114 Å². The Bertz CT molecular complexity index is 5470. The number of hydrogen-bond donors (Lipinski definition) is 22. The number of nitrogens with two attached hydrogens (primary N) is 2. The van der Waals surface area contributed by atoms with Crippen molar-refractivity contribution < 1.29 is 127 Å². The molecule has 41 nitrogen and oxygen atoms in total. The van der Waals surface area contributed by atoms with Crippen molar-refractivity contribution in [3.8, 4) is 57.1 Å². The number of phenols is 3. The average Bonchev–Trinajstić information content (AvgIpc) is 0.764. The SMILES string of the molecule is CNC(CC(C)C)C(=O)NC1C(=O)NC(CC(N)=O)C(=O)NC2C(=O)NC3C(=O)NC(C(=O)N[C@@H](C(=O)NNC(N)=O)c4cc(O)cc(O)c4-c4cc3ccc4O)C(O)c3ccc(c(Cl)c3)Oc3cc2cc(c3OC2OC(CO)C(O)C(O)C2OC2C[C@@](C)(NCCn3ccc(NC(=O)Cc4ccc(F)c(Cl)c4)nc3=O)C(O)C(C)O2)Oc2ccc(cc2Cl)C1O. The van der Waals surface area contributed by atoms with Gasteiger partial charge in [-0.2, -0.15) is 4.98 Å². The van der Waals surface area contributed by atoms with Crippen molar-refractivity contribution in [1.82, 2.24) is 62.9 Å². The van der Waals surface area contributed by atoms with E-state index in [4.69, 9.17) is 74.7 Å². The molecular weight excluding hydrogens is 1720 g/mol. The number of phenolic OH excluding ortho intramolecular Hbond substituents is 3. The topological polar surface area (TPSA) is 627 Å². The van der Waals surface area contributed by atoms with Gasteiger partial charge in [-0.05, 0) is 139 Å². The molecule has 672 valence electrons. The van der Waals surface area contributed by atoms with E-state index in [1.54, 1.807) is 20.8 Å². The second-order valence-electron chi connectivity index (χ2n) is 31.0. The maximum Gasteiger partial charge on any atom is 0.349 e. The van der Waals surface area contributed by atoms with Crippen molar-refractivity contribution >= 4 is 99.8 Å². The van der Waals surface area contributed by atoms with Gasteiger partial charge in [0.05, 0.1) is 52.8 Å². The summed E-state index contributed by atoms with van der Waals surface area (Å²) in [6.45, 7) is 5.44. The first-order valence-electron chi connectivity index (χ1n) is 39.1. The molecule has 24 N–H and O–H groups in total. The minimum atomic E-state index is -2.42. The summed E-state index contributed by atoms with van der Waals surface area (Å²) in [5, 5.41) is 129. The lowest BCUT2D eigenvalue weighted by Crippen LogP contribution is -2.65. The van der Waals surface area contributed by atoms with Crippen LogP contribution in [0.25, 0.3) is 11.1 Å². The molecule has 7 aromatic rings. The molecule has 16 unspecified atom stereocenters. The van der Waals surface area contributed by atoms with Crippen LogP contribution in [0.2, 0.25) is 15.1 Å². The monoisotopic (exact) mass is 1810 g/mol. The van der Waals surface area contributed by atoms with Crippen LogP contribution in [0.1, 0.15) is 111 Å². The molecule has 2 fully saturated rings. The minimum absolute atomic E-state index is 0.0690. The van der Waals surface area contributed by atoms with Crippen LogP contribution in [0, 0.1) is 11.7 Å². The zero-order chi connectivity index (χ0) is 91.4. The molecule has 7 aliphatic rings. The number of hydrazine groups is 1. The Morgan fingerprint density at radius 2 is 1.36 bits per heavy atom. The van der Waals surface area contributed by atoms with E-state index in [9.17, 15) is 79.1 Å². The quantitative estimate of drug-likeness (QED) is 0.0464. The van der Waals surface area contributed by atoms with Gasteiger partial charge in [0.25, 0.3) is 5.91 Å². The summed E-state index contributed by atoms with van der Waals surface area (Å²) in [4.78, 5) is 162. The van der Waals surface area contributed by atoms with Crippen molar-refractivity contribution in [2.45, 2.75) is 169 Å². The fraction of sp³-hybridized carbons (Fsp3) is 0.383. The summed E-state index contributed by atoms with van der Waals surface area (Å²) in [7, 11) is 1.46. The van der Waals surface area contributed by atoms with Crippen LogP contribution >= 0.6 is 34.8 Å². The van der Waals surface area contributed by atoms with E-state index >= 15 is 24.0 Å². The summed E-state index contributed by atoms with van der Waals surface area (Å²) in [5.41, 5.74) is 9.93. The molecule has 0 aliphatic carbocycles. The van der Waals surface area contributed by atoms with Gasteiger partial charge in [0, 0.05) is 48.4 Å². The van der Waals surface area contributed by atoms with Gasteiger partial charge < -0.3 is 134 Å². The molecule has 6 aromatic carbocycles. The van der Waals surface area contributed by atoms with E-state index in [0.29, 0.717) is 5.56 Å². The Hall–Kier alpha value is -12.1. The number of aliphatic hydroxyl groups is 6. The molecule has 2 saturated heterocycles. The fourth-order valence-corrected chi connectivity index (χ4v) is 15.7. The molecular formula is C81H89Cl3FN15O26. The Labute approximate surface area is 729 Å². The lowest BCUT2D eigenvalue weighted by molar-refractivity contribution is -0.334. The molecule has 45 heteroatoms. The number of fused-ring (bicyclic) bond motifs is 15. The number of aromatic hydroxyl groups is 3. The summed E-state index contributed by atoms with van der Waals surface area (Å²) in [5.74, 6) is -17.7. The van der Waals surface area contributed by atoms with Gasteiger partial charge in [0.15, 0.2) is 23.9 Å². The highest BCUT2D eigenvalue weighted by atomic mass is 35.5. The van der Waals surface area contributed by atoms with E-state index < -0.39 is 277 Å². The van der Waals surface area contributed by atoms with Gasteiger partial charge in [0.2, 0.25) is 59.3 Å². The third-order valence-corrected chi connectivity index (χ3v) is 22.3. The largest absolute Gasteiger partial charge is 0.508 e. The molecule has 126 heavy (non-hydrogen) atoms. The predicted octanol–water partition coefficient (Wildman–Crippen LogP) is 0.583. The van der Waals surface area contributed by atoms with Crippen LogP contribution < -0.4 is 90.1 Å². The van der Waals surface area contributed by atoms with Crippen LogP contribution in [-0.4, -0.2) is 214 Å². The van der Waals surface area contributed by atoms with Gasteiger partial charge >= 0.3 is 11.7 Å². The third-order valence-electron chi connectivity index (χ3n) is 21.4. The number of carbonyl (C=O) groups excluding carboxylic acids is 10. The fourth-order valence-electron chi connectivity index (χ4n) is 15.0. The van der Waals surface area contributed by atoms with E-state index in [1.807, 2.05) is 10.9 Å². The van der Waals surface area contributed by atoms with Gasteiger partial charge in [-0.1, -0.05) is 72.9 Å². The Morgan fingerprint density at radius 1 is 0.706 bits per heavy atom. The number of aliphatic hydroxyl groups excluding tert-OH is 6. The van der Waals surface area contributed by atoms with Crippen LogP contribution in [0.5, 0.6) is 46.0 Å². The number of nitrogens with one attached hydrogen (secondary N) is 11. The molecule has 0 radical (unpaired) electrons. The van der Waals surface area contributed by atoms with Gasteiger partial charge in [-0.25, -0.2) is 19.4 Å². The molecule has 8 heterocycles. The third kappa shape index (κ3) is 21.0. The highest BCUT2D eigenvalue weighted by Gasteiger charge is 2.52. The molecule has 14 rings (SSSR count). The number of hydrogen-bond acceptors (Lipinski definition) is 29. The number of carbonyl (C=O) groups is 10. The predicted molar refractivity (Wildman–Crippen MR) is 439 cm³/mol. The standard InChI is InChI=1S/C81H89Cl3FN15O26/c1-31(2)18-45(88-5)71(112)96-62-64(107)35-8-12-49(42(83)22-35)122-51-24-37-25-52(68(51)126-78-69(67(110)66(109)53(30-101)124-78)125-57-29-81(4,70(111)32(3)121-57)89-15-17-100-16-14-55(92-80(100)120)91-56(106)20-33-6-10-44(85)41(82)19-33)123-50-13-9-36(23-43(50)84)65(108)63-76(117)95-61(77(118)98-99-79(87)119)40-26-38(102)27-48(104)58(40)39-21-34(7-11-47(39)103)59(73(114)97-63)94-74(115)60(37)93-72(113)46(28-54(86)105)90-75(62)116/h6-14,16,19,21-27,31-32,45-46,53,57,59-67,69-70,78,88-89,101-104,107-111H,15,17-18,20,28-30H2,1-5H3,(H2,86,105)(H,90,116)(H,93,113)(H,94,115)(H,95,117)(H,96,112)(H,97,114)(H,98,118)(H3,87,99,119)(H,91,92,106,120)/t32?,45?,46?,53?,57?,59?,60?,61-,62?,63?,64?,65?,66?,67?,69?,70?,78?,81-/m1/s1. The molecule has 0 spiro atoms. The first-order valence-corrected chi connectivity index (χ1v) is 40.2. The van der Waals surface area contributed by atoms with Crippen LogP contribution in [0.4, 0.5) is 15.0 Å². The Morgan fingerprint density at radius 3 is 1.98 bits per heavy atom. The number of nitrogens with zero attached hydrogens (tertiary/aromatic N) is 2. The average molecular weight is 1810 g/mol. The number of anilines is 1. The number of halogens is 4. The van der Waals surface area contributed by atoms with Crippen LogP contribution in [0.3, 0.4) is 0 Å². The maximum absolute atomic E-state index is 16.3. The van der Waals surface area contributed by atoms with E-state index in [-0.39, 0.29) is 60.2 Å². The second kappa shape index (κ2) is 39.2. The Balaban J connectivity index is 1.000. The smallest absolute Gasteiger partial charge is 0.349 e. The number of primary amides is 2. The maximum atomic E-state index is 16.3. The summed E-state index contributed by atoms with van der Waals surface area (Å²) in [6, 6.07) is 2.42. The van der Waals surface area contributed by atoms with E-state index in [2.05, 4.69) is 52.8 Å². The molecule has 7 aliphatic heterocycles. The summed E-state index contributed by atoms with van der Waals surface area (Å²) in [6.07, 6.45) is -18.7.